The molecule has 19 heavy (non-hydrogen) atoms. The molecular weight excluding hydrogens is 346 g/mol. The van der Waals surface area contributed by atoms with E-state index in [1.165, 1.54) is 0 Å². The Balaban J connectivity index is 2.17. The Morgan fingerprint density at radius 1 is 1.47 bits per heavy atom. The summed E-state index contributed by atoms with van der Waals surface area (Å²) < 4.78 is 1.07. The van der Waals surface area contributed by atoms with Crippen LogP contribution >= 0.6 is 38.9 Å². The summed E-state index contributed by atoms with van der Waals surface area (Å²) in [4.78, 5) is 14.1. The number of halogens is 2. The standard InChI is InChI=1S/C14H13BrClNOS/c1-9-11(4-3-5-12(9)16)14(18)17(2)7-10-6-13(15)19-8-10/h3-6,8H,7H2,1-2H3. The fraction of sp³-hybridized carbons (Fsp3) is 0.214. The number of hydrogen-bond acceptors (Lipinski definition) is 2. The minimum Gasteiger partial charge on any atom is -0.337 e. The minimum absolute atomic E-state index is 0.0117. The Morgan fingerprint density at radius 2 is 2.21 bits per heavy atom. The van der Waals surface area contributed by atoms with Gasteiger partial charge in [-0.15, -0.1) is 11.3 Å². The number of thiophene rings is 1. The fourth-order valence-electron chi connectivity index (χ4n) is 1.82. The van der Waals surface area contributed by atoms with Crippen LogP contribution in [0.2, 0.25) is 5.02 Å². The zero-order valence-corrected chi connectivity index (χ0v) is 13.8. The van der Waals surface area contributed by atoms with Crippen LogP contribution in [0.15, 0.2) is 33.4 Å². The molecule has 0 unspecified atom stereocenters. The molecule has 5 heteroatoms. The lowest BCUT2D eigenvalue weighted by Crippen LogP contribution is -2.26. The third-order valence-electron chi connectivity index (χ3n) is 2.89. The van der Waals surface area contributed by atoms with E-state index in [1.54, 1.807) is 35.4 Å². The van der Waals surface area contributed by atoms with Crippen LogP contribution in [0, 0.1) is 6.92 Å². The first-order valence-corrected chi connectivity index (χ1v) is 7.77. The van der Waals surface area contributed by atoms with E-state index in [0.717, 1.165) is 14.9 Å². The van der Waals surface area contributed by atoms with E-state index in [2.05, 4.69) is 15.9 Å². The molecule has 100 valence electrons. The van der Waals surface area contributed by atoms with Crippen LogP contribution in [-0.2, 0) is 6.54 Å². The van der Waals surface area contributed by atoms with Crippen LogP contribution < -0.4 is 0 Å². The molecule has 0 fully saturated rings. The predicted octanol–water partition coefficient (Wildman–Crippen LogP) is 4.74. The number of rotatable bonds is 3. The maximum atomic E-state index is 12.4. The van der Waals surface area contributed by atoms with Crippen LogP contribution in [0.25, 0.3) is 0 Å². The predicted molar refractivity (Wildman–Crippen MR) is 84.0 cm³/mol. The van der Waals surface area contributed by atoms with E-state index < -0.39 is 0 Å². The van der Waals surface area contributed by atoms with E-state index in [1.807, 2.05) is 24.4 Å². The Kier molecular flexibility index (Phi) is 4.66. The van der Waals surface area contributed by atoms with Gasteiger partial charge >= 0.3 is 0 Å². The second kappa shape index (κ2) is 6.07. The average molecular weight is 359 g/mol. The van der Waals surface area contributed by atoms with Gasteiger partial charge in [-0.1, -0.05) is 17.7 Å². The lowest BCUT2D eigenvalue weighted by Gasteiger charge is -2.18. The normalized spacial score (nSPS) is 10.5. The topological polar surface area (TPSA) is 20.3 Å². The second-order valence-corrected chi connectivity index (χ2v) is 7.03. The molecule has 2 nitrogen and oxygen atoms in total. The number of hydrogen-bond donors (Lipinski definition) is 0. The minimum atomic E-state index is -0.0117. The number of amides is 1. The van der Waals surface area contributed by atoms with Gasteiger partial charge in [0.05, 0.1) is 3.79 Å². The SMILES string of the molecule is Cc1c(Cl)cccc1C(=O)N(C)Cc1csc(Br)c1. The highest BCUT2D eigenvalue weighted by Crippen LogP contribution is 2.23. The van der Waals surface area contributed by atoms with Gasteiger partial charge in [-0.25, -0.2) is 0 Å². The highest BCUT2D eigenvalue weighted by atomic mass is 79.9. The van der Waals surface area contributed by atoms with Crippen molar-refractivity contribution in [3.63, 3.8) is 0 Å². The van der Waals surface area contributed by atoms with E-state index in [0.29, 0.717) is 17.1 Å². The first kappa shape index (κ1) is 14.6. The van der Waals surface area contributed by atoms with Gasteiger partial charge in [0.2, 0.25) is 0 Å². The van der Waals surface area contributed by atoms with Gasteiger partial charge in [-0.3, -0.25) is 4.79 Å². The van der Waals surface area contributed by atoms with Gasteiger partial charge in [-0.2, -0.15) is 0 Å². The Hall–Kier alpha value is -0.840. The maximum absolute atomic E-state index is 12.4. The molecule has 0 radical (unpaired) electrons. The van der Waals surface area contributed by atoms with Gasteiger partial charge in [0.1, 0.15) is 0 Å². The monoisotopic (exact) mass is 357 g/mol. The second-order valence-electron chi connectivity index (χ2n) is 4.33. The molecular formula is C14H13BrClNOS. The summed E-state index contributed by atoms with van der Waals surface area (Å²) in [5, 5.41) is 2.66. The third kappa shape index (κ3) is 3.38. The van der Waals surface area contributed by atoms with Crippen molar-refractivity contribution in [1.82, 2.24) is 4.90 Å². The van der Waals surface area contributed by atoms with E-state index in [9.17, 15) is 4.79 Å². The molecule has 0 atom stereocenters. The van der Waals surface area contributed by atoms with Gasteiger partial charge in [-0.05, 0) is 57.6 Å². The van der Waals surface area contributed by atoms with Crippen molar-refractivity contribution in [2.45, 2.75) is 13.5 Å². The van der Waals surface area contributed by atoms with E-state index in [4.69, 9.17) is 11.6 Å². The summed E-state index contributed by atoms with van der Waals surface area (Å²) >= 11 is 11.1. The lowest BCUT2D eigenvalue weighted by atomic mass is 10.1. The highest BCUT2D eigenvalue weighted by molar-refractivity contribution is 9.11. The molecule has 0 aliphatic heterocycles. The lowest BCUT2D eigenvalue weighted by molar-refractivity contribution is 0.0784. The number of nitrogens with zero attached hydrogens (tertiary/aromatic N) is 1. The molecule has 1 aromatic heterocycles. The van der Waals surface area contributed by atoms with Crippen LogP contribution in [-0.4, -0.2) is 17.9 Å². The summed E-state index contributed by atoms with van der Waals surface area (Å²) in [5.74, 6) is -0.0117. The molecule has 1 heterocycles. The third-order valence-corrected chi connectivity index (χ3v) is 4.85. The number of carbonyl (C=O) groups is 1. The Morgan fingerprint density at radius 3 is 2.84 bits per heavy atom. The molecule has 1 aromatic carbocycles. The van der Waals surface area contributed by atoms with E-state index in [-0.39, 0.29) is 5.91 Å². The summed E-state index contributed by atoms with van der Waals surface area (Å²) in [5.41, 5.74) is 2.60. The van der Waals surface area contributed by atoms with Crippen molar-refractivity contribution in [2.24, 2.45) is 0 Å². The summed E-state index contributed by atoms with van der Waals surface area (Å²) in [6.07, 6.45) is 0. The van der Waals surface area contributed by atoms with Gasteiger partial charge in [0, 0.05) is 24.2 Å². The van der Waals surface area contributed by atoms with Crippen molar-refractivity contribution < 1.29 is 4.79 Å². The largest absolute Gasteiger partial charge is 0.337 e. The molecule has 1 amide bonds. The van der Waals surface area contributed by atoms with Crippen LogP contribution in [0.4, 0.5) is 0 Å². The number of carbonyl (C=O) groups excluding carboxylic acids is 1. The summed E-state index contributed by atoms with van der Waals surface area (Å²) in [7, 11) is 1.80. The quantitative estimate of drug-likeness (QED) is 0.775. The zero-order chi connectivity index (χ0) is 14.0. The van der Waals surface area contributed by atoms with Crippen molar-refractivity contribution in [1.29, 1.82) is 0 Å². The van der Waals surface area contributed by atoms with Gasteiger partial charge < -0.3 is 4.90 Å². The van der Waals surface area contributed by atoms with Crippen LogP contribution in [0.3, 0.4) is 0 Å². The van der Waals surface area contributed by atoms with Gasteiger partial charge in [0.15, 0.2) is 0 Å². The van der Waals surface area contributed by atoms with Crippen molar-refractivity contribution >= 4 is 44.8 Å². The summed E-state index contributed by atoms with van der Waals surface area (Å²) in [6.45, 7) is 2.46. The first-order chi connectivity index (χ1) is 8.99. The first-order valence-electron chi connectivity index (χ1n) is 5.72. The Bertz CT molecular complexity index is 611. The maximum Gasteiger partial charge on any atom is 0.254 e. The zero-order valence-electron chi connectivity index (χ0n) is 10.6. The molecule has 0 aliphatic carbocycles. The highest BCUT2D eigenvalue weighted by Gasteiger charge is 2.16. The van der Waals surface area contributed by atoms with Crippen LogP contribution in [0.1, 0.15) is 21.5 Å². The molecule has 0 saturated heterocycles. The van der Waals surface area contributed by atoms with Crippen LogP contribution in [0.5, 0.6) is 0 Å². The number of benzene rings is 1. The molecule has 2 aromatic rings. The average Bonchev–Trinajstić information content (AvgIpc) is 2.77. The fourth-order valence-corrected chi connectivity index (χ4v) is 3.19. The summed E-state index contributed by atoms with van der Waals surface area (Å²) in [6, 6.07) is 7.43. The Labute approximate surface area is 130 Å². The smallest absolute Gasteiger partial charge is 0.254 e. The van der Waals surface area contributed by atoms with Crippen molar-refractivity contribution in [3.8, 4) is 0 Å². The molecule has 0 bridgehead atoms. The molecule has 0 N–H and O–H groups in total. The van der Waals surface area contributed by atoms with Crippen molar-refractivity contribution in [3.05, 3.63) is 55.1 Å². The molecule has 0 spiro atoms. The molecule has 0 saturated carbocycles. The van der Waals surface area contributed by atoms with Crippen molar-refractivity contribution in [2.75, 3.05) is 7.05 Å². The molecule has 0 aliphatic rings. The van der Waals surface area contributed by atoms with E-state index >= 15 is 0 Å². The molecule has 2 rings (SSSR count). The van der Waals surface area contributed by atoms with Gasteiger partial charge in [0.25, 0.3) is 5.91 Å².